The predicted molar refractivity (Wildman–Crippen MR) is 68.0 cm³/mol. The van der Waals surface area contributed by atoms with Gasteiger partial charge in [-0.05, 0) is 25.5 Å². The lowest BCUT2D eigenvalue weighted by molar-refractivity contribution is -0.120. The standard InChI is InChI=1S/C14H18N2O/c1-9-12(17)15-14(4)13(2,3)10-7-5-6-8-11(10)16(9)14/h5-9H,1-4H3,(H,15,17). The molecule has 0 saturated carbocycles. The van der Waals surface area contributed by atoms with Crippen LogP contribution in [0.1, 0.15) is 33.3 Å². The molecule has 0 spiro atoms. The summed E-state index contributed by atoms with van der Waals surface area (Å²) in [5.41, 5.74) is 2.11. The van der Waals surface area contributed by atoms with Crippen LogP contribution in [0.2, 0.25) is 0 Å². The van der Waals surface area contributed by atoms with E-state index < -0.39 is 0 Å². The molecule has 2 unspecified atom stereocenters. The van der Waals surface area contributed by atoms with E-state index in [1.165, 1.54) is 11.3 Å². The molecule has 1 fully saturated rings. The lowest BCUT2D eigenvalue weighted by atomic mass is 9.77. The van der Waals surface area contributed by atoms with Gasteiger partial charge in [-0.15, -0.1) is 0 Å². The highest BCUT2D eigenvalue weighted by atomic mass is 16.2. The molecule has 1 aromatic carbocycles. The molecule has 2 heterocycles. The maximum absolute atomic E-state index is 11.9. The highest BCUT2D eigenvalue weighted by Gasteiger charge is 2.60. The first-order valence-electron chi connectivity index (χ1n) is 6.10. The molecule has 1 saturated heterocycles. The Hall–Kier alpha value is -1.51. The summed E-state index contributed by atoms with van der Waals surface area (Å²) >= 11 is 0. The van der Waals surface area contributed by atoms with E-state index in [9.17, 15) is 4.79 Å². The number of carbonyl (C=O) groups excluding carboxylic acids is 1. The summed E-state index contributed by atoms with van der Waals surface area (Å²) < 4.78 is 0. The van der Waals surface area contributed by atoms with Crippen molar-refractivity contribution in [3.63, 3.8) is 0 Å². The first-order chi connectivity index (χ1) is 7.89. The summed E-state index contributed by atoms with van der Waals surface area (Å²) in [5.74, 6) is 0.120. The smallest absolute Gasteiger partial charge is 0.244 e. The Morgan fingerprint density at radius 1 is 1.24 bits per heavy atom. The van der Waals surface area contributed by atoms with E-state index in [0.29, 0.717) is 0 Å². The van der Waals surface area contributed by atoms with Gasteiger partial charge in [0.25, 0.3) is 0 Å². The molecule has 1 amide bonds. The largest absolute Gasteiger partial charge is 0.336 e. The van der Waals surface area contributed by atoms with Crippen LogP contribution in [-0.2, 0) is 10.2 Å². The van der Waals surface area contributed by atoms with E-state index in [1.807, 2.05) is 13.0 Å². The molecule has 2 aliphatic rings. The molecule has 0 bridgehead atoms. The number of para-hydroxylation sites is 1. The number of nitrogens with one attached hydrogen (secondary N) is 1. The number of benzene rings is 1. The minimum absolute atomic E-state index is 0.0794. The highest BCUT2D eigenvalue weighted by Crippen LogP contribution is 2.52. The number of nitrogens with zero attached hydrogens (tertiary/aromatic N) is 1. The average molecular weight is 230 g/mol. The fourth-order valence-corrected chi connectivity index (χ4v) is 3.29. The maximum Gasteiger partial charge on any atom is 0.244 e. The van der Waals surface area contributed by atoms with Crippen molar-refractivity contribution in [3.05, 3.63) is 29.8 Å². The lowest BCUT2D eigenvalue weighted by Crippen LogP contribution is -2.57. The minimum atomic E-state index is -0.312. The molecular weight excluding hydrogens is 212 g/mol. The van der Waals surface area contributed by atoms with Gasteiger partial charge in [0.2, 0.25) is 5.91 Å². The van der Waals surface area contributed by atoms with E-state index in [1.54, 1.807) is 0 Å². The lowest BCUT2D eigenvalue weighted by Gasteiger charge is -2.40. The zero-order valence-electron chi connectivity index (χ0n) is 10.7. The van der Waals surface area contributed by atoms with Crippen LogP contribution in [0.3, 0.4) is 0 Å². The molecule has 17 heavy (non-hydrogen) atoms. The van der Waals surface area contributed by atoms with Crippen LogP contribution in [0, 0.1) is 0 Å². The molecule has 3 nitrogen and oxygen atoms in total. The van der Waals surface area contributed by atoms with Crippen molar-refractivity contribution in [3.8, 4) is 0 Å². The second-order valence-corrected chi connectivity index (χ2v) is 5.75. The van der Waals surface area contributed by atoms with Crippen molar-refractivity contribution in [2.24, 2.45) is 0 Å². The average Bonchev–Trinajstić information content (AvgIpc) is 2.60. The van der Waals surface area contributed by atoms with Crippen molar-refractivity contribution in [1.82, 2.24) is 5.32 Å². The van der Waals surface area contributed by atoms with Gasteiger partial charge in [0.15, 0.2) is 0 Å². The summed E-state index contributed by atoms with van der Waals surface area (Å²) in [6.45, 7) is 8.49. The number of carbonyl (C=O) groups is 1. The van der Waals surface area contributed by atoms with Crippen LogP contribution < -0.4 is 10.2 Å². The SMILES string of the molecule is CC1C(=O)NC2(C)N1c1ccccc1C2(C)C. The van der Waals surface area contributed by atoms with Gasteiger partial charge < -0.3 is 10.2 Å². The quantitative estimate of drug-likeness (QED) is 0.739. The van der Waals surface area contributed by atoms with Gasteiger partial charge >= 0.3 is 0 Å². The van der Waals surface area contributed by atoms with Gasteiger partial charge in [-0.2, -0.15) is 0 Å². The molecule has 90 valence electrons. The first kappa shape index (κ1) is 10.6. The summed E-state index contributed by atoms with van der Waals surface area (Å²) in [4.78, 5) is 14.2. The Labute approximate surface area is 102 Å². The number of amides is 1. The normalized spacial score (nSPS) is 33.3. The first-order valence-corrected chi connectivity index (χ1v) is 6.10. The van der Waals surface area contributed by atoms with Crippen LogP contribution in [-0.4, -0.2) is 17.6 Å². The maximum atomic E-state index is 11.9. The third-order valence-corrected chi connectivity index (χ3v) is 4.67. The van der Waals surface area contributed by atoms with Crippen molar-refractivity contribution >= 4 is 11.6 Å². The molecule has 3 rings (SSSR count). The van der Waals surface area contributed by atoms with Crippen LogP contribution >= 0.6 is 0 Å². The zero-order chi connectivity index (χ0) is 12.4. The molecule has 3 heteroatoms. The van der Waals surface area contributed by atoms with Gasteiger partial charge in [0.05, 0.1) is 0 Å². The van der Waals surface area contributed by atoms with Crippen molar-refractivity contribution in [2.45, 2.75) is 44.8 Å². The van der Waals surface area contributed by atoms with Crippen LogP contribution in [0.25, 0.3) is 0 Å². The van der Waals surface area contributed by atoms with Crippen LogP contribution in [0.5, 0.6) is 0 Å². The minimum Gasteiger partial charge on any atom is -0.336 e. The van der Waals surface area contributed by atoms with Crippen LogP contribution in [0.15, 0.2) is 24.3 Å². The fourth-order valence-electron chi connectivity index (χ4n) is 3.29. The topological polar surface area (TPSA) is 32.3 Å². The van der Waals surface area contributed by atoms with Gasteiger partial charge in [-0.25, -0.2) is 0 Å². The van der Waals surface area contributed by atoms with Crippen molar-refractivity contribution in [2.75, 3.05) is 4.90 Å². The second-order valence-electron chi connectivity index (χ2n) is 5.75. The molecule has 1 N–H and O–H groups in total. The summed E-state index contributed by atoms with van der Waals surface area (Å²) in [6, 6.07) is 8.29. The van der Waals surface area contributed by atoms with E-state index in [4.69, 9.17) is 0 Å². The fraction of sp³-hybridized carbons (Fsp3) is 0.500. The molecule has 2 atom stereocenters. The summed E-state index contributed by atoms with van der Waals surface area (Å²) in [7, 11) is 0. The number of hydrogen-bond donors (Lipinski definition) is 1. The third kappa shape index (κ3) is 1.00. The summed E-state index contributed by atoms with van der Waals surface area (Å²) in [5, 5.41) is 3.17. The van der Waals surface area contributed by atoms with Gasteiger partial charge in [0.1, 0.15) is 11.7 Å². The predicted octanol–water partition coefficient (Wildman–Crippen LogP) is 2.02. The Morgan fingerprint density at radius 2 is 1.88 bits per heavy atom. The molecule has 0 aromatic heterocycles. The third-order valence-electron chi connectivity index (χ3n) is 4.67. The summed E-state index contributed by atoms with van der Waals surface area (Å²) in [6.07, 6.45) is 0. The second kappa shape index (κ2) is 2.84. The Bertz CT molecular complexity index is 509. The van der Waals surface area contributed by atoms with Crippen molar-refractivity contribution < 1.29 is 4.79 Å². The molecule has 0 aliphatic carbocycles. The van der Waals surface area contributed by atoms with Gasteiger partial charge in [0, 0.05) is 11.1 Å². The number of fused-ring (bicyclic) bond motifs is 3. The Balaban J connectivity index is 2.28. The highest BCUT2D eigenvalue weighted by molar-refractivity contribution is 5.93. The monoisotopic (exact) mass is 230 g/mol. The number of hydrogen-bond acceptors (Lipinski definition) is 2. The van der Waals surface area contributed by atoms with Gasteiger partial charge in [-0.1, -0.05) is 32.0 Å². The molecule has 0 radical (unpaired) electrons. The Kier molecular flexibility index (Phi) is 1.77. The van der Waals surface area contributed by atoms with E-state index in [-0.39, 0.29) is 23.0 Å². The van der Waals surface area contributed by atoms with Gasteiger partial charge in [-0.3, -0.25) is 4.79 Å². The van der Waals surface area contributed by atoms with E-state index >= 15 is 0 Å². The number of anilines is 1. The van der Waals surface area contributed by atoms with E-state index in [0.717, 1.165) is 0 Å². The Morgan fingerprint density at radius 3 is 2.59 bits per heavy atom. The van der Waals surface area contributed by atoms with E-state index in [2.05, 4.69) is 49.2 Å². The van der Waals surface area contributed by atoms with Crippen molar-refractivity contribution in [1.29, 1.82) is 0 Å². The zero-order valence-corrected chi connectivity index (χ0v) is 10.7. The van der Waals surface area contributed by atoms with Crippen LogP contribution in [0.4, 0.5) is 5.69 Å². The molecule has 2 aliphatic heterocycles. The molecule has 1 aromatic rings. The molecular formula is C14H18N2O. The number of rotatable bonds is 0.